The van der Waals surface area contributed by atoms with Gasteiger partial charge in [-0.25, -0.2) is 4.39 Å². The second-order valence-electron chi connectivity index (χ2n) is 10.2. The van der Waals surface area contributed by atoms with Crippen LogP contribution in [-0.4, -0.2) is 53.4 Å². The summed E-state index contributed by atoms with van der Waals surface area (Å²) in [4.78, 5) is 20.2. The number of H-pyrrole nitrogens is 1. The number of para-hydroxylation sites is 1. The molecule has 2 aliphatic rings. The first kappa shape index (κ1) is 25.5. The number of nitrogens with zero attached hydrogens (tertiary/aromatic N) is 2. The third kappa shape index (κ3) is 6.06. The van der Waals surface area contributed by atoms with Crippen molar-refractivity contribution in [1.29, 1.82) is 0 Å². The number of fused-ring (bicyclic) bond motifs is 1. The summed E-state index contributed by atoms with van der Waals surface area (Å²) in [5.74, 6) is -0.136. The van der Waals surface area contributed by atoms with E-state index in [0.29, 0.717) is 31.0 Å². The van der Waals surface area contributed by atoms with Crippen molar-refractivity contribution in [2.75, 3.05) is 32.7 Å². The van der Waals surface area contributed by atoms with Gasteiger partial charge in [0, 0.05) is 42.8 Å². The van der Waals surface area contributed by atoms with Gasteiger partial charge in [-0.05, 0) is 92.1 Å². The van der Waals surface area contributed by atoms with Crippen LogP contribution in [0.3, 0.4) is 0 Å². The first-order chi connectivity index (χ1) is 17.8. The van der Waals surface area contributed by atoms with Crippen molar-refractivity contribution in [1.82, 2.24) is 14.8 Å². The van der Waals surface area contributed by atoms with Crippen LogP contribution in [0.1, 0.15) is 48.3 Å². The molecule has 1 amide bonds. The highest BCUT2D eigenvalue weighted by Crippen LogP contribution is 2.34. The monoisotopic (exact) mass is 513 g/mol. The third-order valence-corrected chi connectivity index (χ3v) is 7.76. The molecule has 0 saturated carbocycles. The summed E-state index contributed by atoms with van der Waals surface area (Å²) in [6.45, 7) is 4.41. The summed E-state index contributed by atoms with van der Waals surface area (Å²) in [6, 6.07) is 10.7. The molecule has 2 aromatic carbocycles. The zero-order chi connectivity index (χ0) is 26.0. The zero-order valence-corrected chi connectivity index (χ0v) is 20.6. The molecule has 8 heteroatoms. The number of benzene rings is 2. The Bertz CT molecular complexity index is 1270. The molecule has 196 valence electrons. The normalized spacial score (nSPS) is 18.8. The highest BCUT2D eigenvalue weighted by molar-refractivity contribution is 5.91. The average Bonchev–Trinajstić information content (AvgIpc) is 3.32. The topological polar surface area (TPSA) is 39.3 Å². The van der Waals surface area contributed by atoms with Crippen LogP contribution >= 0.6 is 0 Å². The fourth-order valence-electron chi connectivity index (χ4n) is 5.70. The van der Waals surface area contributed by atoms with Gasteiger partial charge in [-0.2, -0.15) is 13.2 Å². The Morgan fingerprint density at radius 1 is 1.00 bits per heavy atom. The number of halogens is 4. The number of likely N-dealkylation sites (tertiary alicyclic amines) is 2. The summed E-state index contributed by atoms with van der Waals surface area (Å²) in [6.07, 6.45) is 4.10. The number of amides is 1. The third-order valence-electron chi connectivity index (χ3n) is 7.76. The number of hydrogen-bond acceptors (Lipinski definition) is 2. The zero-order valence-electron chi connectivity index (χ0n) is 20.6. The van der Waals surface area contributed by atoms with Gasteiger partial charge in [0.25, 0.3) is 0 Å². The lowest BCUT2D eigenvalue weighted by Gasteiger charge is -2.37. The number of hydrogen-bond donors (Lipinski definition) is 1. The number of piperidine rings is 2. The van der Waals surface area contributed by atoms with E-state index in [1.54, 1.807) is 4.90 Å². The largest absolute Gasteiger partial charge is 0.416 e. The predicted molar refractivity (Wildman–Crippen MR) is 136 cm³/mol. The molecular formula is C29H31F4N3O. The smallest absolute Gasteiger partial charge is 0.361 e. The Morgan fingerprint density at radius 3 is 2.46 bits per heavy atom. The van der Waals surface area contributed by atoms with Crippen LogP contribution in [0.4, 0.5) is 17.6 Å². The number of nitrogens with one attached hydrogen (secondary N) is 1. The van der Waals surface area contributed by atoms with Crippen molar-refractivity contribution in [2.45, 2.75) is 37.8 Å². The van der Waals surface area contributed by atoms with E-state index in [-0.39, 0.29) is 11.5 Å². The van der Waals surface area contributed by atoms with Gasteiger partial charge >= 0.3 is 6.18 Å². The van der Waals surface area contributed by atoms with E-state index in [9.17, 15) is 22.4 Å². The summed E-state index contributed by atoms with van der Waals surface area (Å²) >= 11 is 0. The molecule has 2 aliphatic heterocycles. The molecule has 0 bridgehead atoms. The van der Waals surface area contributed by atoms with Gasteiger partial charge in [0.15, 0.2) is 0 Å². The highest BCUT2D eigenvalue weighted by Gasteiger charge is 2.31. The summed E-state index contributed by atoms with van der Waals surface area (Å²) in [5, 5.41) is 1.32. The van der Waals surface area contributed by atoms with E-state index in [2.05, 4.69) is 40.3 Å². The minimum absolute atomic E-state index is 0.0200. The molecule has 2 fully saturated rings. The molecule has 1 N–H and O–H groups in total. The van der Waals surface area contributed by atoms with Gasteiger partial charge in [-0.1, -0.05) is 18.2 Å². The van der Waals surface area contributed by atoms with Crippen LogP contribution in [0, 0.1) is 11.7 Å². The lowest BCUT2D eigenvalue weighted by atomic mass is 9.88. The Hall–Kier alpha value is -3.13. The van der Waals surface area contributed by atoms with Gasteiger partial charge in [-0.15, -0.1) is 0 Å². The van der Waals surface area contributed by atoms with Crippen molar-refractivity contribution in [2.24, 2.45) is 5.92 Å². The molecule has 2 saturated heterocycles. The SMILES string of the molecule is O=C(/C=C/c1cc(F)cc(C(F)(F)F)c1)N1CCC(CN2CCC(c3c[nH]c4ccccc34)CC2)CC1. The molecule has 0 atom stereocenters. The van der Waals surface area contributed by atoms with Crippen molar-refractivity contribution < 1.29 is 22.4 Å². The van der Waals surface area contributed by atoms with E-state index in [1.165, 1.54) is 28.6 Å². The van der Waals surface area contributed by atoms with Crippen molar-refractivity contribution in [3.8, 4) is 0 Å². The number of carbonyl (C=O) groups is 1. The van der Waals surface area contributed by atoms with E-state index in [0.717, 1.165) is 57.5 Å². The lowest BCUT2D eigenvalue weighted by molar-refractivity contribution is -0.137. The predicted octanol–water partition coefficient (Wildman–Crippen LogP) is 6.46. The number of rotatable bonds is 5. The van der Waals surface area contributed by atoms with Crippen LogP contribution < -0.4 is 0 Å². The standard InChI is InChI=1S/C29H31F4N3O/c30-24-16-21(15-23(17-24)29(31,32)33)5-6-28(37)36-13-7-20(8-14-36)19-35-11-9-22(10-12-35)26-18-34-27-4-2-1-3-25(26)27/h1-6,15-18,20,22,34H,7-14,19H2/b6-5+. The van der Waals surface area contributed by atoms with Crippen LogP contribution in [0.5, 0.6) is 0 Å². The maximum Gasteiger partial charge on any atom is 0.416 e. The van der Waals surface area contributed by atoms with Crippen LogP contribution in [-0.2, 0) is 11.0 Å². The number of aromatic nitrogens is 1. The lowest BCUT2D eigenvalue weighted by Crippen LogP contribution is -2.42. The molecule has 3 aromatic rings. The Kier molecular flexibility index (Phi) is 7.38. The first-order valence-corrected chi connectivity index (χ1v) is 12.9. The number of carbonyl (C=O) groups excluding carboxylic acids is 1. The molecule has 0 unspecified atom stereocenters. The van der Waals surface area contributed by atoms with Gasteiger partial charge in [0.2, 0.25) is 5.91 Å². The van der Waals surface area contributed by atoms with E-state index in [4.69, 9.17) is 0 Å². The maximum atomic E-state index is 13.6. The summed E-state index contributed by atoms with van der Waals surface area (Å²) < 4.78 is 52.3. The van der Waals surface area contributed by atoms with Crippen LogP contribution in [0.15, 0.2) is 54.7 Å². The average molecular weight is 514 g/mol. The minimum Gasteiger partial charge on any atom is -0.361 e. The first-order valence-electron chi connectivity index (χ1n) is 12.9. The molecular weight excluding hydrogens is 482 g/mol. The molecule has 37 heavy (non-hydrogen) atoms. The molecule has 4 nitrogen and oxygen atoms in total. The second kappa shape index (κ2) is 10.7. The minimum atomic E-state index is -4.64. The summed E-state index contributed by atoms with van der Waals surface area (Å²) in [5.41, 5.74) is 1.57. The fraction of sp³-hybridized carbons (Fsp3) is 0.414. The van der Waals surface area contributed by atoms with Crippen LogP contribution in [0.25, 0.3) is 17.0 Å². The number of alkyl halides is 3. The van der Waals surface area contributed by atoms with Gasteiger partial charge in [0.05, 0.1) is 5.56 Å². The van der Waals surface area contributed by atoms with Gasteiger partial charge in [-0.3, -0.25) is 4.79 Å². The van der Waals surface area contributed by atoms with Crippen LogP contribution in [0.2, 0.25) is 0 Å². The van der Waals surface area contributed by atoms with E-state index >= 15 is 0 Å². The molecule has 0 spiro atoms. The fourth-order valence-corrected chi connectivity index (χ4v) is 5.70. The second-order valence-corrected chi connectivity index (χ2v) is 10.2. The number of aromatic amines is 1. The van der Waals surface area contributed by atoms with Crippen molar-refractivity contribution >= 4 is 22.9 Å². The van der Waals surface area contributed by atoms with E-state index in [1.807, 2.05) is 0 Å². The maximum absolute atomic E-state index is 13.6. The highest BCUT2D eigenvalue weighted by atomic mass is 19.4. The van der Waals surface area contributed by atoms with Crippen molar-refractivity contribution in [3.05, 3.63) is 77.2 Å². The Labute approximate surface area is 213 Å². The quantitative estimate of drug-likeness (QED) is 0.314. The summed E-state index contributed by atoms with van der Waals surface area (Å²) in [7, 11) is 0. The van der Waals surface area contributed by atoms with Crippen molar-refractivity contribution in [3.63, 3.8) is 0 Å². The van der Waals surface area contributed by atoms with Gasteiger partial charge in [0.1, 0.15) is 5.82 Å². The molecule has 0 aliphatic carbocycles. The Morgan fingerprint density at radius 2 is 1.73 bits per heavy atom. The molecule has 5 rings (SSSR count). The van der Waals surface area contributed by atoms with E-state index < -0.39 is 17.6 Å². The molecule has 1 aromatic heterocycles. The Balaban J connectivity index is 1.08. The van der Waals surface area contributed by atoms with Gasteiger partial charge < -0.3 is 14.8 Å². The molecule has 0 radical (unpaired) electrons. The molecule has 3 heterocycles.